The first kappa shape index (κ1) is 14.6. The Labute approximate surface area is 117 Å². The molecule has 0 saturated heterocycles. The highest BCUT2D eigenvalue weighted by Crippen LogP contribution is 2.33. The van der Waals surface area contributed by atoms with E-state index in [1.54, 1.807) is 6.07 Å². The lowest BCUT2D eigenvalue weighted by Crippen LogP contribution is -2.08. The molecule has 1 heterocycles. The number of nitrogens with zero attached hydrogens (tertiary/aromatic N) is 1. The Morgan fingerprint density at radius 3 is 2.50 bits per heavy atom. The maximum atomic E-state index is 13.1. The zero-order valence-corrected chi connectivity index (χ0v) is 10.7. The lowest BCUT2D eigenvalue weighted by atomic mass is 10.2. The number of rotatable bonds is 3. The van der Waals surface area contributed by atoms with Crippen molar-refractivity contribution in [3.8, 4) is 5.75 Å². The van der Waals surface area contributed by atoms with E-state index < -0.39 is 17.6 Å². The van der Waals surface area contributed by atoms with Gasteiger partial charge < -0.3 is 4.74 Å². The van der Waals surface area contributed by atoms with Crippen LogP contribution in [0.1, 0.15) is 11.1 Å². The standard InChI is InChI=1S/C13H8ClF4NO/c14-12-4-1-8(6-19-12)7-20-9-2-3-11(15)10(5-9)13(16,17)18/h1-6H,7H2. The van der Waals surface area contributed by atoms with Gasteiger partial charge in [0.25, 0.3) is 0 Å². The minimum Gasteiger partial charge on any atom is -0.489 e. The van der Waals surface area contributed by atoms with Crippen molar-refractivity contribution in [1.29, 1.82) is 0 Å². The predicted molar refractivity (Wildman–Crippen MR) is 65.0 cm³/mol. The van der Waals surface area contributed by atoms with Crippen molar-refractivity contribution < 1.29 is 22.3 Å². The summed E-state index contributed by atoms with van der Waals surface area (Å²) in [6.45, 7) is 0.00704. The Balaban J connectivity index is 2.12. The number of benzene rings is 1. The van der Waals surface area contributed by atoms with Crippen molar-refractivity contribution in [3.63, 3.8) is 0 Å². The van der Waals surface area contributed by atoms with E-state index in [4.69, 9.17) is 16.3 Å². The Hall–Kier alpha value is -1.82. The first-order valence-corrected chi connectivity index (χ1v) is 5.84. The lowest BCUT2D eigenvalue weighted by molar-refractivity contribution is -0.140. The van der Waals surface area contributed by atoms with Crippen LogP contribution in [0.5, 0.6) is 5.75 Å². The van der Waals surface area contributed by atoms with Gasteiger partial charge >= 0.3 is 6.18 Å². The monoisotopic (exact) mass is 305 g/mol. The Morgan fingerprint density at radius 2 is 1.90 bits per heavy atom. The average molecular weight is 306 g/mol. The van der Waals surface area contributed by atoms with Crippen LogP contribution < -0.4 is 4.74 Å². The molecule has 0 atom stereocenters. The Kier molecular flexibility index (Phi) is 4.13. The molecular formula is C13H8ClF4NO. The molecule has 2 aromatic rings. The normalized spacial score (nSPS) is 11.4. The quantitative estimate of drug-likeness (QED) is 0.616. The van der Waals surface area contributed by atoms with Gasteiger partial charge in [0.15, 0.2) is 0 Å². The van der Waals surface area contributed by atoms with Gasteiger partial charge in [0.1, 0.15) is 23.3 Å². The molecule has 1 aromatic carbocycles. The van der Waals surface area contributed by atoms with E-state index in [1.807, 2.05) is 0 Å². The van der Waals surface area contributed by atoms with Crippen LogP contribution in [0.15, 0.2) is 36.5 Å². The summed E-state index contributed by atoms with van der Waals surface area (Å²) in [5, 5.41) is 0.301. The highest BCUT2D eigenvalue weighted by Gasteiger charge is 2.34. The summed E-state index contributed by atoms with van der Waals surface area (Å²) >= 11 is 5.60. The van der Waals surface area contributed by atoms with Crippen molar-refractivity contribution >= 4 is 11.6 Å². The second-order valence-electron chi connectivity index (χ2n) is 3.92. The van der Waals surface area contributed by atoms with Gasteiger partial charge in [0.05, 0.1) is 5.56 Å². The van der Waals surface area contributed by atoms with Gasteiger partial charge in [-0.2, -0.15) is 13.2 Å². The second-order valence-corrected chi connectivity index (χ2v) is 4.30. The summed E-state index contributed by atoms with van der Waals surface area (Å²) in [6, 6.07) is 5.64. The van der Waals surface area contributed by atoms with Gasteiger partial charge in [-0.1, -0.05) is 17.7 Å². The molecule has 1 aromatic heterocycles. The third-order valence-electron chi connectivity index (χ3n) is 2.44. The van der Waals surface area contributed by atoms with Crippen molar-refractivity contribution in [2.24, 2.45) is 0 Å². The molecule has 0 saturated carbocycles. The third kappa shape index (κ3) is 3.60. The van der Waals surface area contributed by atoms with E-state index >= 15 is 0 Å². The largest absolute Gasteiger partial charge is 0.489 e. The molecule has 2 nitrogen and oxygen atoms in total. The molecule has 0 unspecified atom stereocenters. The number of alkyl halides is 3. The molecule has 0 bridgehead atoms. The minimum absolute atomic E-state index is 0.00704. The molecular weight excluding hydrogens is 298 g/mol. The van der Waals surface area contributed by atoms with Gasteiger partial charge in [-0.05, 0) is 24.3 Å². The van der Waals surface area contributed by atoms with Gasteiger partial charge in [0, 0.05) is 11.8 Å². The fraction of sp³-hybridized carbons (Fsp3) is 0.154. The summed E-state index contributed by atoms with van der Waals surface area (Å²) in [5.74, 6) is -1.41. The fourth-order valence-electron chi connectivity index (χ4n) is 1.47. The molecule has 2 rings (SSSR count). The molecule has 0 fully saturated rings. The topological polar surface area (TPSA) is 22.1 Å². The number of hydrogen-bond acceptors (Lipinski definition) is 2. The number of halogens is 5. The second kappa shape index (κ2) is 5.66. The minimum atomic E-state index is -4.76. The summed E-state index contributed by atoms with van der Waals surface area (Å²) in [4.78, 5) is 3.81. The molecule has 0 radical (unpaired) electrons. The SMILES string of the molecule is Fc1ccc(OCc2ccc(Cl)nc2)cc1C(F)(F)F. The number of aromatic nitrogens is 1. The van der Waals surface area contributed by atoms with Crippen LogP contribution >= 0.6 is 11.6 Å². The van der Waals surface area contributed by atoms with Crippen LogP contribution in [0.4, 0.5) is 17.6 Å². The lowest BCUT2D eigenvalue weighted by Gasteiger charge is -2.11. The van der Waals surface area contributed by atoms with E-state index in [1.165, 1.54) is 12.3 Å². The van der Waals surface area contributed by atoms with E-state index in [9.17, 15) is 17.6 Å². The molecule has 0 aliphatic rings. The maximum Gasteiger partial charge on any atom is 0.419 e. The van der Waals surface area contributed by atoms with Gasteiger partial charge in [-0.25, -0.2) is 9.37 Å². The van der Waals surface area contributed by atoms with E-state index in [2.05, 4.69) is 4.98 Å². The van der Waals surface area contributed by atoms with Gasteiger partial charge in [-0.15, -0.1) is 0 Å². The van der Waals surface area contributed by atoms with Crippen molar-refractivity contribution in [1.82, 2.24) is 4.98 Å². The van der Waals surface area contributed by atoms with Crippen LogP contribution in [0.2, 0.25) is 5.15 Å². The smallest absolute Gasteiger partial charge is 0.419 e. The van der Waals surface area contributed by atoms with Crippen LogP contribution in [-0.2, 0) is 12.8 Å². The van der Waals surface area contributed by atoms with Crippen molar-refractivity contribution in [3.05, 3.63) is 58.6 Å². The molecule has 0 aliphatic heterocycles. The molecule has 0 aliphatic carbocycles. The first-order valence-electron chi connectivity index (χ1n) is 5.46. The zero-order valence-electron chi connectivity index (χ0n) is 9.92. The molecule has 20 heavy (non-hydrogen) atoms. The average Bonchev–Trinajstić information content (AvgIpc) is 2.38. The van der Waals surface area contributed by atoms with Gasteiger partial charge in [-0.3, -0.25) is 0 Å². The van der Waals surface area contributed by atoms with Crippen LogP contribution in [0.3, 0.4) is 0 Å². The Bertz CT molecular complexity index is 598. The van der Waals surface area contributed by atoms with Crippen molar-refractivity contribution in [2.45, 2.75) is 12.8 Å². The Morgan fingerprint density at radius 1 is 1.15 bits per heavy atom. The summed E-state index contributed by atoms with van der Waals surface area (Å²) in [6.07, 6.45) is -3.32. The van der Waals surface area contributed by atoms with Crippen LogP contribution in [0, 0.1) is 5.82 Å². The van der Waals surface area contributed by atoms with E-state index in [0.29, 0.717) is 16.8 Å². The molecule has 0 spiro atoms. The fourth-order valence-corrected chi connectivity index (χ4v) is 1.58. The molecule has 0 N–H and O–H groups in total. The summed E-state index contributed by atoms with van der Waals surface area (Å²) in [5.41, 5.74) is -0.725. The zero-order chi connectivity index (χ0) is 14.8. The van der Waals surface area contributed by atoms with Crippen molar-refractivity contribution in [2.75, 3.05) is 0 Å². The van der Waals surface area contributed by atoms with E-state index in [-0.39, 0.29) is 12.4 Å². The number of hydrogen-bond donors (Lipinski definition) is 0. The van der Waals surface area contributed by atoms with Gasteiger partial charge in [0.2, 0.25) is 0 Å². The maximum absolute atomic E-state index is 13.1. The highest BCUT2D eigenvalue weighted by molar-refractivity contribution is 6.29. The third-order valence-corrected chi connectivity index (χ3v) is 2.66. The molecule has 106 valence electrons. The summed E-state index contributed by atoms with van der Waals surface area (Å²) < 4.78 is 55.8. The number of ether oxygens (including phenoxy) is 1. The van der Waals surface area contributed by atoms with Crippen LogP contribution in [-0.4, -0.2) is 4.98 Å². The highest BCUT2D eigenvalue weighted by atomic mass is 35.5. The first-order chi connectivity index (χ1) is 9.36. The van der Waals surface area contributed by atoms with E-state index in [0.717, 1.165) is 12.1 Å². The van der Waals surface area contributed by atoms with Crippen LogP contribution in [0.25, 0.3) is 0 Å². The number of pyridine rings is 1. The molecule has 0 amide bonds. The predicted octanol–water partition coefficient (Wildman–Crippen LogP) is 4.47. The summed E-state index contributed by atoms with van der Waals surface area (Å²) in [7, 11) is 0. The molecule has 7 heteroatoms.